The van der Waals surface area contributed by atoms with Crippen LogP contribution in [-0.4, -0.2) is 35.1 Å². The molecule has 0 bridgehead atoms. The van der Waals surface area contributed by atoms with E-state index >= 15 is 0 Å². The number of nitrogens with one attached hydrogen (secondary N) is 3. The van der Waals surface area contributed by atoms with Crippen molar-refractivity contribution in [1.82, 2.24) is 16.1 Å². The molecule has 2 aromatic rings. The number of hydrogen-bond donors (Lipinski definition) is 5. The summed E-state index contributed by atoms with van der Waals surface area (Å²) in [5.74, 6) is 4.96. The summed E-state index contributed by atoms with van der Waals surface area (Å²) in [5, 5.41) is 14.8. The minimum Gasteiger partial charge on any atom is -0.339 e. The predicted octanol–water partition coefficient (Wildman–Crippen LogP) is 1.29. The molecule has 0 aliphatic heterocycles. The smallest absolute Gasteiger partial charge is 0.267 e. The van der Waals surface area contributed by atoms with Crippen LogP contribution in [0.3, 0.4) is 0 Å². The third-order valence-corrected chi connectivity index (χ3v) is 4.83. The van der Waals surface area contributed by atoms with Crippen LogP contribution in [0.5, 0.6) is 0 Å². The Labute approximate surface area is 176 Å². The zero-order chi connectivity index (χ0) is 21.5. The predicted molar refractivity (Wildman–Crippen MR) is 114 cm³/mol. The van der Waals surface area contributed by atoms with Gasteiger partial charge in [0.25, 0.3) is 11.8 Å². The summed E-state index contributed by atoms with van der Waals surface area (Å²) >= 11 is 0. The van der Waals surface area contributed by atoms with Crippen LogP contribution < -0.4 is 21.8 Å². The number of carbonyl (C=O) groups excluding carboxylic acids is 2. The Bertz CT molecular complexity index is 939. The maximum absolute atomic E-state index is 12.3. The van der Waals surface area contributed by atoms with E-state index in [2.05, 4.69) is 34.6 Å². The number of carbonyl (C=O) groups is 2. The average molecular weight is 406 g/mol. The van der Waals surface area contributed by atoms with Gasteiger partial charge in [0.2, 0.25) is 0 Å². The largest absolute Gasteiger partial charge is 0.339 e. The first-order valence-electron chi connectivity index (χ1n) is 9.91. The summed E-state index contributed by atoms with van der Waals surface area (Å²) in [4.78, 5) is 23.9. The summed E-state index contributed by atoms with van der Waals surface area (Å²) in [7, 11) is 0. The summed E-state index contributed by atoms with van der Waals surface area (Å²) in [6.45, 7) is 2.45. The molecule has 1 aliphatic carbocycles. The maximum atomic E-state index is 12.3. The molecule has 0 heterocycles. The van der Waals surface area contributed by atoms with Crippen molar-refractivity contribution in [2.75, 3.05) is 0 Å². The number of rotatable bonds is 7. The Morgan fingerprint density at radius 2 is 1.63 bits per heavy atom. The first kappa shape index (κ1) is 21.5. The van der Waals surface area contributed by atoms with Crippen LogP contribution in [0, 0.1) is 11.8 Å². The zero-order valence-corrected chi connectivity index (χ0v) is 16.8. The van der Waals surface area contributed by atoms with E-state index in [4.69, 9.17) is 10.9 Å². The lowest BCUT2D eigenvalue weighted by atomic mass is 10.1. The number of hydroxylamine groups is 1. The summed E-state index contributed by atoms with van der Waals surface area (Å²) < 4.78 is 0. The molecule has 1 aliphatic rings. The van der Waals surface area contributed by atoms with Crippen molar-refractivity contribution in [2.45, 2.75) is 44.4 Å². The SMILES string of the molecule is C[C@H](N)[C@H](NC(=O)c1ccc(C#Cc2ccc(CNC3CC3)cc2)cc1)C(=O)NO. The number of amides is 2. The molecule has 7 heteroatoms. The molecule has 2 atom stereocenters. The maximum Gasteiger partial charge on any atom is 0.267 e. The van der Waals surface area contributed by atoms with Gasteiger partial charge in [-0.1, -0.05) is 24.0 Å². The van der Waals surface area contributed by atoms with E-state index in [-0.39, 0.29) is 0 Å². The lowest BCUT2D eigenvalue weighted by Gasteiger charge is -2.20. The van der Waals surface area contributed by atoms with Gasteiger partial charge in [0.15, 0.2) is 0 Å². The molecule has 2 aromatic carbocycles. The van der Waals surface area contributed by atoms with Gasteiger partial charge in [-0.2, -0.15) is 0 Å². The normalized spacial score (nSPS) is 14.8. The Morgan fingerprint density at radius 3 is 2.13 bits per heavy atom. The number of hydrogen-bond acceptors (Lipinski definition) is 5. The summed E-state index contributed by atoms with van der Waals surface area (Å²) in [5.41, 5.74) is 10.5. The summed E-state index contributed by atoms with van der Waals surface area (Å²) in [6, 6.07) is 13.9. The molecule has 7 nitrogen and oxygen atoms in total. The lowest BCUT2D eigenvalue weighted by molar-refractivity contribution is -0.131. The molecule has 0 radical (unpaired) electrons. The molecular weight excluding hydrogens is 380 g/mol. The fourth-order valence-corrected chi connectivity index (χ4v) is 2.83. The highest BCUT2D eigenvalue weighted by atomic mass is 16.5. The fourth-order valence-electron chi connectivity index (χ4n) is 2.83. The highest BCUT2D eigenvalue weighted by Gasteiger charge is 2.24. The van der Waals surface area contributed by atoms with Gasteiger partial charge in [0.1, 0.15) is 6.04 Å². The van der Waals surface area contributed by atoms with Crippen molar-refractivity contribution >= 4 is 11.8 Å². The molecule has 6 N–H and O–H groups in total. The van der Waals surface area contributed by atoms with E-state index in [0.717, 1.165) is 17.7 Å². The third kappa shape index (κ3) is 6.16. The van der Waals surface area contributed by atoms with E-state index in [1.165, 1.54) is 23.9 Å². The molecule has 0 unspecified atom stereocenters. The highest BCUT2D eigenvalue weighted by molar-refractivity contribution is 5.97. The Kier molecular flexibility index (Phi) is 7.20. The Balaban J connectivity index is 1.59. The Hall–Kier alpha value is -3.18. The van der Waals surface area contributed by atoms with Gasteiger partial charge in [-0.25, -0.2) is 5.48 Å². The van der Waals surface area contributed by atoms with Gasteiger partial charge < -0.3 is 16.4 Å². The van der Waals surface area contributed by atoms with Crippen molar-refractivity contribution in [2.24, 2.45) is 5.73 Å². The number of nitrogens with two attached hydrogens (primary N) is 1. The van der Waals surface area contributed by atoms with Crippen LogP contribution in [0.2, 0.25) is 0 Å². The topological polar surface area (TPSA) is 116 Å². The molecule has 2 amide bonds. The van der Waals surface area contributed by atoms with Crippen LogP contribution in [0.4, 0.5) is 0 Å². The van der Waals surface area contributed by atoms with Crippen LogP contribution in [0.15, 0.2) is 48.5 Å². The molecular formula is C23H26N4O3. The first-order chi connectivity index (χ1) is 14.5. The van der Waals surface area contributed by atoms with Crippen LogP contribution in [0.25, 0.3) is 0 Å². The first-order valence-corrected chi connectivity index (χ1v) is 9.91. The van der Waals surface area contributed by atoms with Gasteiger partial charge in [-0.15, -0.1) is 0 Å². The number of benzene rings is 2. The van der Waals surface area contributed by atoms with Crippen molar-refractivity contribution in [3.8, 4) is 11.8 Å². The quantitative estimate of drug-likeness (QED) is 0.270. The monoisotopic (exact) mass is 406 g/mol. The lowest BCUT2D eigenvalue weighted by Crippen LogP contribution is -2.54. The molecule has 0 aromatic heterocycles. The fraction of sp³-hybridized carbons (Fsp3) is 0.304. The van der Waals surface area contributed by atoms with E-state index in [0.29, 0.717) is 11.6 Å². The molecule has 0 saturated heterocycles. The second kappa shape index (κ2) is 10.0. The van der Waals surface area contributed by atoms with Gasteiger partial charge in [0.05, 0.1) is 0 Å². The summed E-state index contributed by atoms with van der Waals surface area (Å²) in [6.07, 6.45) is 2.55. The second-order valence-corrected chi connectivity index (χ2v) is 7.47. The molecule has 1 fully saturated rings. The van der Waals surface area contributed by atoms with Crippen molar-refractivity contribution in [3.63, 3.8) is 0 Å². The average Bonchev–Trinajstić information content (AvgIpc) is 3.59. The van der Waals surface area contributed by atoms with Gasteiger partial charge in [-0.3, -0.25) is 14.8 Å². The molecule has 3 rings (SSSR count). The van der Waals surface area contributed by atoms with E-state index in [1.807, 2.05) is 12.1 Å². The van der Waals surface area contributed by atoms with Crippen LogP contribution >= 0.6 is 0 Å². The molecule has 156 valence electrons. The molecule has 30 heavy (non-hydrogen) atoms. The van der Waals surface area contributed by atoms with Gasteiger partial charge in [0, 0.05) is 35.3 Å². The highest BCUT2D eigenvalue weighted by Crippen LogP contribution is 2.19. The van der Waals surface area contributed by atoms with Gasteiger partial charge >= 0.3 is 0 Å². The van der Waals surface area contributed by atoms with Crippen LogP contribution in [0.1, 0.15) is 46.8 Å². The van der Waals surface area contributed by atoms with Crippen molar-refractivity contribution in [1.29, 1.82) is 0 Å². The third-order valence-electron chi connectivity index (χ3n) is 4.83. The van der Waals surface area contributed by atoms with Gasteiger partial charge in [-0.05, 0) is 61.7 Å². The molecule has 0 spiro atoms. The van der Waals surface area contributed by atoms with E-state index in [1.54, 1.807) is 31.2 Å². The van der Waals surface area contributed by atoms with Crippen molar-refractivity contribution < 1.29 is 14.8 Å². The zero-order valence-electron chi connectivity index (χ0n) is 16.8. The van der Waals surface area contributed by atoms with E-state index < -0.39 is 23.9 Å². The van der Waals surface area contributed by atoms with Crippen molar-refractivity contribution in [3.05, 3.63) is 70.8 Å². The minimum atomic E-state index is -1.04. The minimum absolute atomic E-state index is 0.365. The Morgan fingerprint density at radius 1 is 1.07 bits per heavy atom. The second-order valence-electron chi connectivity index (χ2n) is 7.47. The van der Waals surface area contributed by atoms with E-state index in [9.17, 15) is 9.59 Å². The standard InChI is InChI=1S/C23H26N4O3/c1-15(24)21(23(29)27-30)26-22(28)19-10-8-17(9-11-19)3-2-16-4-6-18(7-5-16)14-25-20-12-13-20/h4-11,15,20-21,25,30H,12-14,24H2,1H3,(H,26,28)(H,27,29)/t15-,21-/m0/s1. The van der Waals surface area contributed by atoms with Crippen LogP contribution in [-0.2, 0) is 11.3 Å². The molecule has 1 saturated carbocycles.